The Balaban J connectivity index is 0.000000209. The van der Waals surface area contributed by atoms with Crippen molar-refractivity contribution in [1.29, 1.82) is 0 Å². The molecule has 7 nitrogen and oxygen atoms in total. The molecule has 2 unspecified atom stereocenters. The fourth-order valence-electron chi connectivity index (χ4n) is 8.80. The van der Waals surface area contributed by atoms with Gasteiger partial charge in [-0.25, -0.2) is 44.7 Å². The van der Waals surface area contributed by atoms with Crippen LogP contribution in [-0.2, 0) is 4.74 Å². The van der Waals surface area contributed by atoms with Crippen molar-refractivity contribution in [1.82, 2.24) is 0 Å². The maximum atomic E-state index is 14.9. The van der Waals surface area contributed by atoms with E-state index in [-0.39, 0.29) is 82.5 Å². The Morgan fingerprint density at radius 1 is 0.632 bits per heavy atom. The predicted molar refractivity (Wildman–Crippen MR) is 186 cm³/mol. The van der Waals surface area contributed by atoms with Gasteiger partial charge >= 0.3 is 11.9 Å². The van der Waals surface area contributed by atoms with Crippen LogP contribution in [0.4, 0.5) is 43.9 Å². The molecule has 2 aromatic carbocycles. The molecule has 0 aliphatic heterocycles. The number of alkyl halides is 6. The van der Waals surface area contributed by atoms with Crippen LogP contribution in [0.2, 0.25) is 0 Å². The zero-order valence-electron chi connectivity index (χ0n) is 32.1. The smallest absolute Gasteiger partial charge is 0.341 e. The van der Waals surface area contributed by atoms with Crippen LogP contribution < -0.4 is 9.47 Å². The Bertz CT molecular complexity index is 1750. The van der Waals surface area contributed by atoms with E-state index in [2.05, 4.69) is 0 Å². The van der Waals surface area contributed by atoms with Crippen molar-refractivity contribution in [2.75, 3.05) is 13.2 Å². The lowest BCUT2D eigenvalue weighted by Crippen LogP contribution is -2.68. The van der Waals surface area contributed by atoms with Crippen LogP contribution in [0, 0.1) is 34.1 Å². The summed E-state index contributed by atoms with van der Waals surface area (Å²) in [5.74, 6) is -16.1. The molecule has 0 saturated heterocycles. The van der Waals surface area contributed by atoms with Crippen molar-refractivity contribution >= 4 is 11.9 Å². The minimum atomic E-state index is -3.65. The molecule has 0 amide bonds. The molecule has 6 fully saturated rings. The molecule has 0 radical (unpaired) electrons. The summed E-state index contributed by atoms with van der Waals surface area (Å²) in [4.78, 5) is 22.8. The first-order valence-electron chi connectivity index (χ1n) is 19.0. The van der Waals surface area contributed by atoms with Gasteiger partial charge in [-0.15, -0.1) is 0 Å². The van der Waals surface area contributed by atoms with Crippen LogP contribution >= 0.6 is 0 Å². The summed E-state index contributed by atoms with van der Waals surface area (Å²) < 4.78 is 155. The first kappa shape index (κ1) is 45.9. The molecule has 17 heteroatoms. The van der Waals surface area contributed by atoms with Crippen molar-refractivity contribution in [3.05, 3.63) is 58.7 Å². The molecule has 6 aliphatic carbocycles. The highest BCUT2D eigenvalue weighted by Gasteiger charge is 2.73. The second-order valence-electron chi connectivity index (χ2n) is 15.2. The van der Waals surface area contributed by atoms with Crippen LogP contribution in [0.3, 0.4) is 0 Å². The molecule has 4 bridgehead atoms. The highest BCUT2D eigenvalue weighted by Crippen LogP contribution is 2.65. The summed E-state index contributed by atoms with van der Waals surface area (Å²) in [6.07, 6.45) is -2.63. The molecule has 0 aromatic heterocycles. The molecule has 2 aromatic rings. The van der Waals surface area contributed by atoms with Crippen LogP contribution in [0.15, 0.2) is 24.3 Å². The Kier molecular flexibility index (Phi) is 13.9. The number of carboxylic acid groups (broad SMARTS) is 1. The second kappa shape index (κ2) is 17.2. The van der Waals surface area contributed by atoms with Crippen molar-refractivity contribution in [2.45, 2.75) is 140 Å². The molecule has 6 aliphatic rings. The van der Waals surface area contributed by atoms with Crippen LogP contribution in [0.5, 0.6) is 11.5 Å². The van der Waals surface area contributed by atoms with E-state index in [1.807, 2.05) is 6.92 Å². The van der Waals surface area contributed by atoms with E-state index >= 15 is 0 Å². The highest BCUT2D eigenvalue weighted by molar-refractivity contribution is 5.90. The highest BCUT2D eigenvalue weighted by atomic mass is 19.3. The first-order valence-corrected chi connectivity index (χ1v) is 19.0. The summed E-state index contributed by atoms with van der Waals surface area (Å²) in [6, 6.07) is 4.05. The van der Waals surface area contributed by atoms with Crippen molar-refractivity contribution in [3.63, 3.8) is 0 Å². The number of fused-ring (bicyclic) bond motifs is 6. The van der Waals surface area contributed by atoms with E-state index in [4.69, 9.17) is 19.3 Å². The summed E-state index contributed by atoms with van der Waals surface area (Å²) in [5.41, 5.74) is -7.90. The van der Waals surface area contributed by atoms with Crippen LogP contribution in [0.25, 0.3) is 0 Å². The number of carbonyl (C=O) groups excluding carboxylic acids is 1. The Hall–Kier alpha value is -3.76. The van der Waals surface area contributed by atoms with Crippen LogP contribution in [-0.4, -0.2) is 70.8 Å². The van der Waals surface area contributed by atoms with Gasteiger partial charge in [0, 0.05) is 10.8 Å². The number of aliphatic hydroxyl groups is 1. The van der Waals surface area contributed by atoms with Gasteiger partial charge in [-0.2, -0.15) is 8.78 Å². The van der Waals surface area contributed by atoms with E-state index in [9.17, 15) is 58.6 Å². The largest absolute Gasteiger partial charge is 0.491 e. The standard InChI is InChI=1S/C20H23F5O3.C11H17F3O.C9H8F2O3/c1-3-7-18-8-10-19(11-9-18,17(23)20(18,24)25)28-16(26)12-5-6-13(27-4-2)15(22)14(12)21;1-2-3-9-4-6-10(15,7-5-9)8(12)11(9,13)14;1-2-14-6-4-3-5(9(12)13)7(10)8(6)11/h5-6,17H,3-4,7-11H2,1-2H3;8,15H,2-7H2,1H3;3-4H,2H2,1H3,(H,12,13). The van der Waals surface area contributed by atoms with Gasteiger partial charge in [-0.05, 0) is 102 Å². The van der Waals surface area contributed by atoms with Gasteiger partial charge in [-0.1, -0.05) is 26.7 Å². The molecule has 2 atom stereocenters. The first-order chi connectivity index (χ1) is 26.6. The van der Waals surface area contributed by atoms with E-state index in [1.165, 1.54) is 0 Å². The van der Waals surface area contributed by atoms with Gasteiger partial charge in [0.2, 0.25) is 17.8 Å². The number of aromatic carboxylic acids is 1. The minimum Gasteiger partial charge on any atom is -0.491 e. The number of halogens is 10. The van der Waals surface area contributed by atoms with Gasteiger partial charge in [0.25, 0.3) is 11.8 Å². The Labute approximate surface area is 324 Å². The van der Waals surface area contributed by atoms with Gasteiger partial charge in [-0.3, -0.25) is 0 Å². The van der Waals surface area contributed by atoms with Gasteiger partial charge < -0.3 is 24.4 Å². The number of ether oxygens (including phenoxy) is 3. The van der Waals surface area contributed by atoms with E-state index in [0.717, 1.165) is 24.3 Å². The van der Waals surface area contributed by atoms with Crippen LogP contribution in [0.1, 0.15) is 125 Å². The third-order valence-corrected chi connectivity index (χ3v) is 12.0. The zero-order valence-corrected chi connectivity index (χ0v) is 32.1. The van der Waals surface area contributed by atoms with Crippen molar-refractivity contribution < 1.29 is 77.9 Å². The summed E-state index contributed by atoms with van der Waals surface area (Å²) in [6.45, 7) is 7.06. The fraction of sp³-hybridized carbons (Fsp3) is 0.650. The molecule has 8 rings (SSSR count). The summed E-state index contributed by atoms with van der Waals surface area (Å²) in [5, 5.41) is 18.2. The lowest BCUT2D eigenvalue weighted by atomic mass is 9.54. The average Bonchev–Trinajstić information content (AvgIpc) is 3.16. The van der Waals surface area contributed by atoms with Crippen molar-refractivity contribution in [2.24, 2.45) is 10.8 Å². The number of benzene rings is 2. The number of hydrogen-bond donors (Lipinski definition) is 2. The quantitative estimate of drug-likeness (QED) is 0.172. The molecular formula is C40H48F10O7. The number of carbonyl (C=O) groups is 2. The normalized spacial score (nSPS) is 30.3. The van der Waals surface area contributed by atoms with Crippen molar-refractivity contribution in [3.8, 4) is 11.5 Å². The number of carboxylic acids is 1. The molecule has 0 heterocycles. The lowest BCUT2D eigenvalue weighted by molar-refractivity contribution is -0.290. The molecule has 2 N–H and O–H groups in total. The monoisotopic (exact) mass is 830 g/mol. The number of rotatable bonds is 11. The molecule has 57 heavy (non-hydrogen) atoms. The average molecular weight is 831 g/mol. The predicted octanol–water partition coefficient (Wildman–Crippen LogP) is 10.7. The Morgan fingerprint density at radius 3 is 1.46 bits per heavy atom. The number of hydrogen-bond acceptors (Lipinski definition) is 6. The third-order valence-electron chi connectivity index (χ3n) is 12.0. The summed E-state index contributed by atoms with van der Waals surface area (Å²) in [7, 11) is 0. The Morgan fingerprint density at radius 2 is 1.04 bits per heavy atom. The van der Waals surface area contributed by atoms with E-state index < -0.39 is 92.6 Å². The molecule has 6 saturated carbocycles. The van der Waals surface area contributed by atoms with E-state index in [1.54, 1.807) is 20.8 Å². The summed E-state index contributed by atoms with van der Waals surface area (Å²) >= 11 is 0. The minimum absolute atomic E-state index is 0.0155. The SMILES string of the molecule is CCCC12CCC(O)(CC1)C(F)C2(F)F.CCCC12CCC(OC(=O)c3ccc(OCC)c(F)c3F)(CC1)C(F)C2(F)F.CCOc1ccc(C(=O)O)c(F)c1F. The van der Waals surface area contributed by atoms with Gasteiger partial charge in [0.15, 0.2) is 29.3 Å². The molecule has 0 spiro atoms. The molecular weight excluding hydrogens is 782 g/mol. The number of esters is 1. The van der Waals surface area contributed by atoms with E-state index in [0.29, 0.717) is 19.3 Å². The lowest BCUT2D eigenvalue weighted by Gasteiger charge is -2.58. The maximum Gasteiger partial charge on any atom is 0.341 e. The third kappa shape index (κ3) is 8.14. The van der Waals surface area contributed by atoms with Gasteiger partial charge in [0.05, 0.1) is 24.3 Å². The zero-order chi connectivity index (χ0) is 42.8. The van der Waals surface area contributed by atoms with Gasteiger partial charge in [0.1, 0.15) is 11.2 Å². The maximum absolute atomic E-state index is 14.9. The second-order valence-corrected chi connectivity index (χ2v) is 15.2. The molecule has 320 valence electrons. The topological polar surface area (TPSA) is 102 Å². The fourth-order valence-corrected chi connectivity index (χ4v) is 8.80.